The summed E-state index contributed by atoms with van der Waals surface area (Å²) in [6.45, 7) is 49.6. The zero-order valence-electron chi connectivity index (χ0n) is 64.5. The van der Waals surface area contributed by atoms with Crippen LogP contribution in [0.4, 0.5) is 41.1 Å². The molecule has 100 heavy (non-hydrogen) atoms. The van der Waals surface area contributed by atoms with Crippen LogP contribution in [0.2, 0.25) is 0 Å². The van der Waals surface area contributed by atoms with Gasteiger partial charge in [-0.05, 0) is 189 Å². The van der Waals surface area contributed by atoms with Gasteiger partial charge in [-0.1, -0.05) is 99.6 Å². The van der Waals surface area contributed by atoms with Crippen molar-refractivity contribution in [2.75, 3.05) is 26.3 Å². The number of ketones is 1. The highest BCUT2D eigenvalue weighted by Gasteiger charge is 2.44. The van der Waals surface area contributed by atoms with Gasteiger partial charge in [-0.2, -0.15) is 32.1 Å². The number of imide groups is 1. The molecule has 4 fully saturated rings. The number of halogens is 5. The lowest BCUT2D eigenvalue weighted by Crippen LogP contribution is -2.52. The second-order valence-electron chi connectivity index (χ2n) is 32.6. The van der Waals surface area contributed by atoms with Crippen LogP contribution in [0.15, 0.2) is 48.5 Å². The summed E-state index contributed by atoms with van der Waals surface area (Å²) >= 11 is 0. The van der Waals surface area contributed by atoms with Crippen molar-refractivity contribution < 1.29 is 74.4 Å². The first-order valence-electron chi connectivity index (χ1n) is 35.6. The standard InChI is InChI=1S/C18H27NO2.C12H21NO3.C12H23NO3.C12H21NO3.C11H11F3N2.C11H16F2N2/c1-13(2)15-11-12-16(14-9-7-6-8-10-14)19(15)17(20)21-18(3,4)5;1-8(2)10-6-9(14)7-13(10)11(15)16-12(3,4)5;1-9(2)10-8-15-7-6-13(10)11(14)16-12(3,4)5;1-8(2)9-6-7-10(14)13(9)11(15)16-12(3,4)5;1-6(2)10-8-5-7(11(12,13)14)3-4-9(8)15-16-10;1-7(2)15-9-6-4-5-8(9)10(14-15)11(3,12)13/h6-10,13,15-16H,11-12H2,1-5H3;8,10H,6-7H2,1-5H3;9-10H,6-8H2,1-5H3;8-9H,6-7H2,1-5H3;3-6H,1-2H3,(H,15,16);7H,4-6H2,1-3H3. The molecule has 5 atom stereocenters. The van der Waals surface area contributed by atoms with Crippen molar-refractivity contribution >= 4 is 47.0 Å². The van der Waals surface area contributed by atoms with Gasteiger partial charge in [0.15, 0.2) is 5.78 Å². The van der Waals surface area contributed by atoms with E-state index in [0.29, 0.717) is 55.3 Å². The lowest BCUT2D eigenvalue weighted by Gasteiger charge is -2.38. The van der Waals surface area contributed by atoms with E-state index in [9.17, 15) is 50.7 Å². The molecule has 564 valence electrons. The van der Waals surface area contributed by atoms with Gasteiger partial charge in [-0.15, -0.1) is 0 Å². The Balaban J connectivity index is 0.000000256. The second kappa shape index (κ2) is 35.4. The van der Waals surface area contributed by atoms with E-state index in [-0.39, 0.29) is 96.2 Å². The third-order valence-corrected chi connectivity index (χ3v) is 17.1. The maximum absolute atomic E-state index is 13.3. The molecule has 5 unspecified atom stereocenters. The van der Waals surface area contributed by atoms with Gasteiger partial charge in [0.1, 0.15) is 28.1 Å². The number of nitrogens with zero attached hydrogens (tertiary/aromatic N) is 7. The van der Waals surface area contributed by atoms with E-state index in [0.717, 1.165) is 74.5 Å². The van der Waals surface area contributed by atoms with Gasteiger partial charge in [0.25, 0.3) is 5.92 Å². The average molecular weight is 1420 g/mol. The van der Waals surface area contributed by atoms with Gasteiger partial charge in [0.2, 0.25) is 5.91 Å². The van der Waals surface area contributed by atoms with Crippen LogP contribution >= 0.6 is 0 Å². The molecule has 0 spiro atoms. The summed E-state index contributed by atoms with van der Waals surface area (Å²) in [4.78, 5) is 78.0. The molecular formula is C76H119F5N8O11. The third-order valence-electron chi connectivity index (χ3n) is 17.1. The number of nitrogens with one attached hydrogen (secondary N) is 1. The molecule has 1 N–H and O–H groups in total. The Morgan fingerprint density at radius 1 is 0.590 bits per heavy atom. The van der Waals surface area contributed by atoms with Crippen molar-refractivity contribution in [3.63, 3.8) is 0 Å². The van der Waals surface area contributed by atoms with Crippen LogP contribution in [0.5, 0.6) is 0 Å². The highest BCUT2D eigenvalue weighted by Crippen LogP contribution is 2.41. The van der Waals surface area contributed by atoms with Gasteiger partial charge in [0.05, 0.1) is 42.9 Å². The summed E-state index contributed by atoms with van der Waals surface area (Å²) in [5.74, 6) is -1.32. The van der Waals surface area contributed by atoms with E-state index >= 15 is 0 Å². The molecule has 5 amide bonds. The number of likely N-dealkylation sites (tertiary alicyclic amines) is 3. The minimum absolute atomic E-state index is 0.0105. The summed E-state index contributed by atoms with van der Waals surface area (Å²) in [5.41, 5.74) is 1.71. The minimum atomic E-state index is -4.31. The Morgan fingerprint density at radius 2 is 1.11 bits per heavy atom. The van der Waals surface area contributed by atoms with Crippen molar-refractivity contribution in [2.24, 2.45) is 23.7 Å². The van der Waals surface area contributed by atoms with Crippen molar-refractivity contribution in [2.45, 2.75) is 301 Å². The average Bonchev–Trinajstić information content (AvgIpc) is 1.62. The number of H-pyrrole nitrogens is 1. The molecule has 5 aliphatic rings. The molecule has 1 aliphatic carbocycles. The predicted molar refractivity (Wildman–Crippen MR) is 379 cm³/mol. The largest absolute Gasteiger partial charge is 0.444 e. The maximum Gasteiger partial charge on any atom is 0.417 e. The second-order valence-corrected chi connectivity index (χ2v) is 32.6. The molecule has 0 saturated carbocycles. The van der Waals surface area contributed by atoms with Crippen molar-refractivity contribution in [1.82, 2.24) is 39.6 Å². The number of carbonyl (C=O) groups excluding carboxylic acids is 6. The fourth-order valence-electron chi connectivity index (χ4n) is 12.4. The van der Waals surface area contributed by atoms with Crippen LogP contribution in [0.25, 0.3) is 10.9 Å². The number of benzene rings is 2. The first kappa shape index (κ1) is 85.6. The Hall–Kier alpha value is -6.85. The number of aromatic amines is 1. The number of rotatable bonds is 8. The number of fused-ring (bicyclic) bond motifs is 2. The van der Waals surface area contributed by atoms with E-state index < -0.39 is 46.2 Å². The number of aromatic nitrogens is 4. The predicted octanol–water partition coefficient (Wildman–Crippen LogP) is 18.6. The van der Waals surface area contributed by atoms with E-state index in [1.165, 1.54) is 16.5 Å². The van der Waals surface area contributed by atoms with Crippen LogP contribution in [0.3, 0.4) is 0 Å². The molecule has 6 heterocycles. The van der Waals surface area contributed by atoms with Crippen LogP contribution in [0.1, 0.15) is 263 Å². The number of carbonyl (C=O) groups is 6. The number of Topliss-reactive ketones (excluding diaryl/α,β-unsaturated/α-hetero) is 1. The van der Waals surface area contributed by atoms with Crippen molar-refractivity contribution in [3.8, 4) is 0 Å². The number of hydrogen-bond donors (Lipinski definition) is 1. The van der Waals surface area contributed by atoms with Gasteiger partial charge < -0.3 is 28.6 Å². The topological polar surface area (TPSA) is 208 Å². The monoisotopic (exact) mass is 1410 g/mol. The molecule has 4 aliphatic heterocycles. The molecule has 0 bridgehead atoms. The Kier molecular flexibility index (Phi) is 30.3. The van der Waals surface area contributed by atoms with Crippen LogP contribution in [-0.4, -0.2) is 149 Å². The number of amides is 5. The first-order valence-corrected chi connectivity index (χ1v) is 35.6. The van der Waals surface area contributed by atoms with E-state index in [2.05, 4.69) is 55.1 Å². The Morgan fingerprint density at radius 3 is 1.60 bits per heavy atom. The van der Waals surface area contributed by atoms with E-state index in [1.54, 1.807) is 35.3 Å². The molecule has 4 aromatic rings. The molecule has 9 rings (SSSR count). The van der Waals surface area contributed by atoms with Gasteiger partial charge >= 0.3 is 30.5 Å². The number of ether oxygens (including phenoxy) is 5. The summed E-state index contributed by atoms with van der Waals surface area (Å²) in [5, 5.41) is 11.4. The van der Waals surface area contributed by atoms with Crippen molar-refractivity contribution in [3.05, 3.63) is 82.3 Å². The lowest BCUT2D eigenvalue weighted by molar-refractivity contribution is -0.137. The number of alkyl halides is 5. The van der Waals surface area contributed by atoms with Gasteiger partial charge in [-0.25, -0.2) is 24.1 Å². The normalized spacial score (nSPS) is 19.7. The van der Waals surface area contributed by atoms with Crippen molar-refractivity contribution in [1.29, 1.82) is 0 Å². The quantitative estimate of drug-likeness (QED) is 0.129. The molecule has 2 aromatic carbocycles. The molecule has 19 nitrogen and oxygen atoms in total. The highest BCUT2D eigenvalue weighted by atomic mass is 19.4. The van der Waals surface area contributed by atoms with E-state index in [4.69, 9.17) is 23.7 Å². The zero-order chi connectivity index (χ0) is 76.1. The fraction of sp³-hybridized carbons (Fsp3) is 0.711. The minimum Gasteiger partial charge on any atom is -0.444 e. The SMILES string of the molecule is CC(C)C1CC(=O)CN1C(=O)OC(C)(C)C.CC(C)C1CCC(=O)N1C(=O)OC(C)(C)C.CC(C)C1CCC(c2ccccc2)N1C(=O)OC(C)(C)C.CC(C)C1COCCN1C(=O)OC(C)(C)C.CC(C)c1[nH]nc2ccc(C(F)(F)F)cc12.CC(C)n1nc(C(C)(F)F)c2c1CCC2. The highest BCUT2D eigenvalue weighted by molar-refractivity contribution is 5.94. The molecule has 0 radical (unpaired) electrons. The summed E-state index contributed by atoms with van der Waals surface area (Å²) < 4.78 is 92.9. The smallest absolute Gasteiger partial charge is 0.417 e. The molecule has 24 heteroatoms. The van der Waals surface area contributed by atoms with Gasteiger partial charge in [0, 0.05) is 72.8 Å². The third kappa shape index (κ3) is 25.6. The summed E-state index contributed by atoms with van der Waals surface area (Å²) in [6, 6.07) is 14.5. The Labute approximate surface area is 592 Å². The number of hydrogen-bond acceptors (Lipinski definition) is 13. The van der Waals surface area contributed by atoms with E-state index in [1.807, 2.05) is 141 Å². The van der Waals surface area contributed by atoms with Crippen LogP contribution in [-0.2, 0) is 58.2 Å². The number of morpholine rings is 1. The fourth-order valence-corrected chi connectivity index (χ4v) is 12.4. The lowest BCUT2D eigenvalue weighted by atomic mass is 10.0. The van der Waals surface area contributed by atoms with Gasteiger partial charge in [-0.3, -0.25) is 29.2 Å². The summed E-state index contributed by atoms with van der Waals surface area (Å²) in [6.07, 6.45) is 0.699. The summed E-state index contributed by atoms with van der Waals surface area (Å²) in [7, 11) is 0. The maximum atomic E-state index is 13.3. The van der Waals surface area contributed by atoms with Crippen LogP contribution in [0, 0.1) is 23.7 Å². The van der Waals surface area contributed by atoms with Crippen LogP contribution < -0.4 is 0 Å². The first-order chi connectivity index (χ1) is 45.8. The zero-order valence-corrected chi connectivity index (χ0v) is 64.5. The Bertz CT molecular complexity index is 3300. The molecule has 4 saturated heterocycles. The molecule has 2 aromatic heterocycles. The molecular weight excluding hydrogens is 1300 g/mol.